The number of rotatable bonds is 4. The first kappa shape index (κ1) is 16.5. The maximum absolute atomic E-state index is 12.4. The lowest BCUT2D eigenvalue weighted by atomic mass is 9.87. The third kappa shape index (κ3) is 3.68. The van der Waals surface area contributed by atoms with Gasteiger partial charge in [0.25, 0.3) is 11.6 Å². The quantitative estimate of drug-likeness (QED) is 0.654. The molecule has 1 aliphatic rings. The van der Waals surface area contributed by atoms with E-state index in [1.54, 1.807) is 7.05 Å². The van der Waals surface area contributed by atoms with E-state index in [0.717, 1.165) is 25.7 Å². The number of anilines is 1. The minimum absolute atomic E-state index is 0.114. The van der Waals surface area contributed by atoms with Gasteiger partial charge < -0.3 is 10.6 Å². The van der Waals surface area contributed by atoms with E-state index >= 15 is 0 Å². The van der Waals surface area contributed by atoms with Crippen LogP contribution < -0.4 is 10.6 Å². The molecule has 1 aromatic rings. The van der Waals surface area contributed by atoms with Gasteiger partial charge in [-0.05, 0) is 37.7 Å². The molecule has 120 valence electrons. The number of nitro groups is 1. The van der Waals surface area contributed by atoms with E-state index in [9.17, 15) is 14.9 Å². The average molecular weight is 326 g/mol. The second-order valence-corrected chi connectivity index (χ2v) is 6.19. The van der Waals surface area contributed by atoms with Crippen molar-refractivity contribution in [3.05, 3.63) is 32.8 Å². The summed E-state index contributed by atoms with van der Waals surface area (Å²) in [5.74, 6) is 0.336. The molecule has 22 heavy (non-hydrogen) atoms. The molecule has 0 heterocycles. The van der Waals surface area contributed by atoms with E-state index < -0.39 is 4.92 Å². The fourth-order valence-electron chi connectivity index (χ4n) is 2.75. The molecule has 2 rings (SSSR count). The van der Waals surface area contributed by atoms with E-state index in [1.807, 2.05) is 0 Å². The van der Waals surface area contributed by atoms with Crippen LogP contribution in [-0.2, 0) is 0 Å². The number of amides is 1. The van der Waals surface area contributed by atoms with Crippen molar-refractivity contribution < 1.29 is 9.72 Å². The highest BCUT2D eigenvalue weighted by Gasteiger charge is 2.24. The van der Waals surface area contributed by atoms with E-state index in [1.165, 1.54) is 12.1 Å². The minimum Gasteiger partial charge on any atom is -0.383 e. The van der Waals surface area contributed by atoms with Crippen LogP contribution in [0.3, 0.4) is 0 Å². The Hall–Kier alpha value is -1.82. The van der Waals surface area contributed by atoms with E-state index in [0.29, 0.717) is 5.92 Å². The molecule has 7 heteroatoms. The molecule has 0 aromatic heterocycles. The third-order valence-corrected chi connectivity index (χ3v) is 4.46. The zero-order chi connectivity index (χ0) is 16.3. The molecular formula is C15H20ClN3O3. The summed E-state index contributed by atoms with van der Waals surface area (Å²) in [6, 6.07) is 2.76. The number of hydrogen-bond donors (Lipinski definition) is 2. The lowest BCUT2D eigenvalue weighted by molar-refractivity contribution is -0.384. The zero-order valence-corrected chi connectivity index (χ0v) is 13.4. The lowest BCUT2D eigenvalue weighted by Gasteiger charge is -2.27. The van der Waals surface area contributed by atoms with Gasteiger partial charge in [-0.15, -0.1) is 0 Å². The van der Waals surface area contributed by atoms with Crippen molar-refractivity contribution >= 4 is 28.9 Å². The largest absolute Gasteiger partial charge is 0.383 e. The van der Waals surface area contributed by atoms with Crippen molar-refractivity contribution in [2.45, 2.75) is 38.6 Å². The van der Waals surface area contributed by atoms with Crippen molar-refractivity contribution in [2.24, 2.45) is 5.92 Å². The van der Waals surface area contributed by atoms with Gasteiger partial charge in [-0.1, -0.05) is 18.5 Å². The Balaban J connectivity index is 2.18. The Morgan fingerprint density at radius 2 is 1.95 bits per heavy atom. The first-order valence-corrected chi connectivity index (χ1v) is 7.76. The molecule has 1 aromatic carbocycles. The highest BCUT2D eigenvalue weighted by atomic mass is 35.5. The van der Waals surface area contributed by atoms with Gasteiger partial charge in [0.1, 0.15) is 5.69 Å². The molecule has 2 N–H and O–H groups in total. The topological polar surface area (TPSA) is 84.3 Å². The van der Waals surface area contributed by atoms with Crippen LogP contribution in [0.5, 0.6) is 0 Å². The number of nitrogens with one attached hydrogen (secondary N) is 2. The fourth-order valence-corrected chi connectivity index (χ4v) is 3.00. The molecule has 6 nitrogen and oxygen atoms in total. The highest BCUT2D eigenvalue weighted by molar-refractivity contribution is 6.34. The maximum atomic E-state index is 12.4. The van der Waals surface area contributed by atoms with Gasteiger partial charge in [0.05, 0.1) is 15.5 Å². The first-order valence-electron chi connectivity index (χ1n) is 7.39. The number of carbonyl (C=O) groups is 1. The van der Waals surface area contributed by atoms with Gasteiger partial charge in [0, 0.05) is 19.2 Å². The summed E-state index contributed by atoms with van der Waals surface area (Å²) in [6.45, 7) is 2.20. The molecule has 0 spiro atoms. The molecule has 1 aliphatic carbocycles. The van der Waals surface area contributed by atoms with Crippen LogP contribution in [-0.4, -0.2) is 23.9 Å². The van der Waals surface area contributed by atoms with Crippen molar-refractivity contribution in [3.8, 4) is 0 Å². The highest BCUT2D eigenvalue weighted by Crippen LogP contribution is 2.31. The van der Waals surface area contributed by atoms with Crippen molar-refractivity contribution in [1.82, 2.24) is 5.32 Å². The average Bonchev–Trinajstić information content (AvgIpc) is 2.48. The number of nitrogens with zero attached hydrogens (tertiary/aromatic N) is 1. The molecule has 0 saturated heterocycles. The number of benzene rings is 1. The van der Waals surface area contributed by atoms with Gasteiger partial charge in [0.15, 0.2) is 0 Å². The Kier molecular flexibility index (Phi) is 5.24. The van der Waals surface area contributed by atoms with E-state index in [4.69, 9.17) is 11.6 Å². The van der Waals surface area contributed by atoms with Crippen molar-refractivity contribution in [3.63, 3.8) is 0 Å². The van der Waals surface area contributed by atoms with E-state index in [-0.39, 0.29) is 33.9 Å². The number of nitro benzene ring substituents is 1. The SMILES string of the molecule is CNc1cc(Cl)c(C(=O)N[C@H]2CC[C@H](C)CC2)cc1[N+](=O)[O-]. The van der Waals surface area contributed by atoms with Crippen LogP contribution in [0, 0.1) is 16.0 Å². The van der Waals surface area contributed by atoms with Crippen LogP contribution in [0.2, 0.25) is 5.02 Å². The van der Waals surface area contributed by atoms with Gasteiger partial charge in [-0.2, -0.15) is 0 Å². The Labute approximate surface area is 134 Å². The first-order chi connectivity index (χ1) is 10.4. The molecule has 1 fully saturated rings. The van der Waals surface area contributed by atoms with Crippen LogP contribution in [0.25, 0.3) is 0 Å². The molecule has 0 radical (unpaired) electrons. The monoisotopic (exact) mass is 325 g/mol. The normalized spacial score (nSPS) is 21.2. The third-order valence-electron chi connectivity index (χ3n) is 4.15. The smallest absolute Gasteiger partial charge is 0.293 e. The molecule has 0 aliphatic heterocycles. The van der Waals surface area contributed by atoms with Crippen LogP contribution in [0.4, 0.5) is 11.4 Å². The molecule has 0 unspecified atom stereocenters. The summed E-state index contributed by atoms with van der Waals surface area (Å²) in [4.78, 5) is 22.9. The van der Waals surface area contributed by atoms with Crippen LogP contribution >= 0.6 is 11.6 Å². The molecule has 0 atom stereocenters. The zero-order valence-electron chi connectivity index (χ0n) is 12.7. The lowest BCUT2D eigenvalue weighted by Crippen LogP contribution is -2.37. The minimum atomic E-state index is -0.527. The summed E-state index contributed by atoms with van der Waals surface area (Å²) in [5, 5.41) is 16.9. The number of halogens is 1. The van der Waals surface area contributed by atoms with E-state index in [2.05, 4.69) is 17.6 Å². The summed E-state index contributed by atoms with van der Waals surface area (Å²) >= 11 is 6.10. The summed E-state index contributed by atoms with van der Waals surface area (Å²) in [5.41, 5.74) is 0.276. The molecular weight excluding hydrogens is 306 g/mol. The van der Waals surface area contributed by atoms with Gasteiger partial charge in [-0.25, -0.2) is 0 Å². The maximum Gasteiger partial charge on any atom is 0.293 e. The second-order valence-electron chi connectivity index (χ2n) is 5.79. The predicted molar refractivity (Wildman–Crippen MR) is 86.5 cm³/mol. The Bertz CT molecular complexity index is 584. The van der Waals surface area contributed by atoms with Crippen LogP contribution in [0.15, 0.2) is 12.1 Å². The van der Waals surface area contributed by atoms with Gasteiger partial charge in [-0.3, -0.25) is 14.9 Å². The second kappa shape index (κ2) is 6.96. The van der Waals surface area contributed by atoms with Gasteiger partial charge >= 0.3 is 0 Å². The summed E-state index contributed by atoms with van der Waals surface area (Å²) < 4.78 is 0. The molecule has 1 amide bonds. The summed E-state index contributed by atoms with van der Waals surface area (Å²) in [6.07, 6.45) is 4.03. The Morgan fingerprint density at radius 1 is 1.32 bits per heavy atom. The van der Waals surface area contributed by atoms with Crippen molar-refractivity contribution in [1.29, 1.82) is 0 Å². The number of carbonyl (C=O) groups excluding carboxylic acids is 1. The molecule has 1 saturated carbocycles. The Morgan fingerprint density at radius 3 is 2.50 bits per heavy atom. The summed E-state index contributed by atoms with van der Waals surface area (Å²) in [7, 11) is 1.57. The standard InChI is InChI=1S/C15H20ClN3O3/c1-9-3-5-10(6-4-9)18-15(20)11-7-14(19(21)22)13(17-2)8-12(11)16/h7-10,17H,3-6H2,1-2H3,(H,18,20)/t9-,10-. The number of hydrogen-bond acceptors (Lipinski definition) is 4. The predicted octanol–water partition coefficient (Wildman–Crippen LogP) is 3.60. The van der Waals surface area contributed by atoms with Crippen LogP contribution in [0.1, 0.15) is 43.0 Å². The fraction of sp³-hybridized carbons (Fsp3) is 0.533. The molecule has 0 bridgehead atoms. The van der Waals surface area contributed by atoms with Crippen molar-refractivity contribution in [2.75, 3.05) is 12.4 Å². The van der Waals surface area contributed by atoms with Gasteiger partial charge in [0.2, 0.25) is 0 Å².